The van der Waals surface area contributed by atoms with Gasteiger partial charge in [0, 0.05) is 10.7 Å². The highest BCUT2D eigenvalue weighted by Crippen LogP contribution is 2.31. The molecular weight excluding hydrogens is 276 g/mol. The van der Waals surface area contributed by atoms with E-state index in [-0.39, 0.29) is 17.7 Å². The lowest BCUT2D eigenvalue weighted by Gasteiger charge is -2.40. The molecule has 4 nitrogen and oxygen atoms in total. The minimum atomic E-state index is -0.518. The zero-order chi connectivity index (χ0) is 15.0. The summed E-state index contributed by atoms with van der Waals surface area (Å²) in [6, 6.07) is 4.39. The Balaban J connectivity index is 2.55. The van der Waals surface area contributed by atoms with Gasteiger partial charge in [-0.25, -0.2) is 0 Å². The second-order valence-electron chi connectivity index (χ2n) is 5.51. The van der Waals surface area contributed by atoms with E-state index in [1.165, 1.54) is 0 Å². The van der Waals surface area contributed by atoms with E-state index < -0.39 is 12.1 Å². The Labute approximate surface area is 124 Å². The van der Waals surface area contributed by atoms with Crippen LogP contribution in [0.15, 0.2) is 18.2 Å². The number of amides is 2. The smallest absolute Gasteiger partial charge is 0.250 e. The number of hydrogen-bond acceptors (Lipinski definition) is 2. The normalized spacial score (nSPS) is 23.2. The third kappa shape index (κ3) is 2.40. The highest BCUT2D eigenvalue weighted by Gasteiger charge is 2.41. The lowest BCUT2D eigenvalue weighted by molar-refractivity contribution is -0.134. The van der Waals surface area contributed by atoms with Gasteiger partial charge in [0.1, 0.15) is 12.1 Å². The van der Waals surface area contributed by atoms with E-state index in [0.717, 1.165) is 5.56 Å². The average Bonchev–Trinajstić information content (AvgIpc) is 2.36. The Morgan fingerprint density at radius 2 is 1.95 bits per heavy atom. The van der Waals surface area contributed by atoms with Crippen LogP contribution < -0.4 is 10.2 Å². The first-order valence-corrected chi connectivity index (χ1v) is 7.11. The third-order valence-electron chi connectivity index (χ3n) is 3.64. The van der Waals surface area contributed by atoms with Crippen molar-refractivity contribution in [3.8, 4) is 0 Å². The van der Waals surface area contributed by atoms with Crippen molar-refractivity contribution < 1.29 is 9.59 Å². The Kier molecular flexibility index (Phi) is 4.04. The molecule has 1 aliphatic heterocycles. The van der Waals surface area contributed by atoms with E-state index in [9.17, 15) is 9.59 Å². The topological polar surface area (TPSA) is 49.4 Å². The maximum atomic E-state index is 12.5. The number of nitrogens with one attached hydrogen (secondary N) is 1. The van der Waals surface area contributed by atoms with Crippen LogP contribution >= 0.6 is 11.6 Å². The molecule has 1 aromatic carbocycles. The standard InChI is InChI=1S/C15H19ClN2O2/c1-8(2)13-14(19)17-10(4)15(20)18(13)12-7-5-6-11(16)9(12)3/h5-8,10,13H,1-4H3,(H,17,19). The third-order valence-corrected chi connectivity index (χ3v) is 4.05. The van der Waals surface area contributed by atoms with Crippen molar-refractivity contribution in [2.75, 3.05) is 4.90 Å². The van der Waals surface area contributed by atoms with E-state index in [1.54, 1.807) is 24.0 Å². The number of carbonyl (C=O) groups is 2. The molecule has 0 aliphatic carbocycles. The molecule has 5 heteroatoms. The van der Waals surface area contributed by atoms with Gasteiger partial charge in [-0.1, -0.05) is 31.5 Å². The molecule has 0 radical (unpaired) electrons. The zero-order valence-electron chi connectivity index (χ0n) is 12.1. The predicted octanol–water partition coefficient (Wildman–Crippen LogP) is 2.52. The van der Waals surface area contributed by atoms with Crippen molar-refractivity contribution in [3.05, 3.63) is 28.8 Å². The molecule has 1 saturated heterocycles. The minimum absolute atomic E-state index is 0.0184. The van der Waals surface area contributed by atoms with E-state index in [1.807, 2.05) is 26.8 Å². The summed E-state index contributed by atoms with van der Waals surface area (Å²) in [7, 11) is 0. The summed E-state index contributed by atoms with van der Waals surface area (Å²) >= 11 is 6.14. The van der Waals surface area contributed by atoms with Gasteiger partial charge in [0.05, 0.1) is 0 Å². The molecular formula is C15H19ClN2O2. The number of halogens is 1. The number of rotatable bonds is 2. The van der Waals surface area contributed by atoms with Gasteiger partial charge in [0.2, 0.25) is 11.8 Å². The predicted molar refractivity (Wildman–Crippen MR) is 79.9 cm³/mol. The van der Waals surface area contributed by atoms with E-state index in [4.69, 9.17) is 11.6 Å². The molecule has 0 spiro atoms. The van der Waals surface area contributed by atoms with Crippen LogP contribution in [0.25, 0.3) is 0 Å². The van der Waals surface area contributed by atoms with Crippen LogP contribution in [0, 0.1) is 12.8 Å². The number of piperazine rings is 1. The van der Waals surface area contributed by atoms with Crippen molar-refractivity contribution >= 4 is 29.1 Å². The van der Waals surface area contributed by atoms with Crippen molar-refractivity contribution in [2.45, 2.75) is 39.8 Å². The Hall–Kier alpha value is -1.55. The minimum Gasteiger partial charge on any atom is -0.343 e. The lowest BCUT2D eigenvalue weighted by atomic mass is 9.95. The molecule has 0 saturated carbocycles. The fourth-order valence-electron chi connectivity index (χ4n) is 2.55. The lowest BCUT2D eigenvalue weighted by Crippen LogP contribution is -2.64. The van der Waals surface area contributed by atoms with Gasteiger partial charge in [0.15, 0.2) is 0 Å². The van der Waals surface area contributed by atoms with Crippen molar-refractivity contribution in [2.24, 2.45) is 5.92 Å². The number of anilines is 1. The number of nitrogens with zero attached hydrogens (tertiary/aromatic N) is 1. The van der Waals surface area contributed by atoms with Crippen LogP contribution in [0.3, 0.4) is 0 Å². The number of hydrogen-bond donors (Lipinski definition) is 1. The van der Waals surface area contributed by atoms with Gasteiger partial charge < -0.3 is 5.32 Å². The summed E-state index contributed by atoms with van der Waals surface area (Å²) in [4.78, 5) is 26.3. The van der Waals surface area contributed by atoms with Gasteiger partial charge in [0.25, 0.3) is 0 Å². The summed E-state index contributed by atoms with van der Waals surface area (Å²) in [5.74, 6) is -0.204. The van der Waals surface area contributed by atoms with Crippen molar-refractivity contribution in [1.82, 2.24) is 5.32 Å². The van der Waals surface area contributed by atoms with E-state index >= 15 is 0 Å². The molecule has 2 unspecified atom stereocenters. The van der Waals surface area contributed by atoms with Gasteiger partial charge in [-0.15, -0.1) is 0 Å². The average molecular weight is 295 g/mol. The summed E-state index contributed by atoms with van der Waals surface area (Å²) in [6.45, 7) is 7.42. The fourth-order valence-corrected chi connectivity index (χ4v) is 2.72. The maximum Gasteiger partial charge on any atom is 0.250 e. The van der Waals surface area contributed by atoms with Crippen LogP contribution in [-0.4, -0.2) is 23.9 Å². The second kappa shape index (κ2) is 5.44. The van der Waals surface area contributed by atoms with Crippen molar-refractivity contribution in [1.29, 1.82) is 0 Å². The number of carbonyl (C=O) groups excluding carboxylic acids is 2. The summed E-state index contributed by atoms with van der Waals surface area (Å²) in [5.41, 5.74) is 1.53. The molecule has 20 heavy (non-hydrogen) atoms. The molecule has 0 aromatic heterocycles. The van der Waals surface area contributed by atoms with Crippen LogP contribution in [0.4, 0.5) is 5.69 Å². The molecule has 1 aromatic rings. The Morgan fingerprint density at radius 1 is 1.30 bits per heavy atom. The Morgan fingerprint density at radius 3 is 2.55 bits per heavy atom. The molecule has 2 atom stereocenters. The van der Waals surface area contributed by atoms with Gasteiger partial charge in [-0.05, 0) is 37.5 Å². The van der Waals surface area contributed by atoms with E-state index in [0.29, 0.717) is 10.7 Å². The maximum absolute atomic E-state index is 12.5. The fraction of sp³-hybridized carbons (Fsp3) is 0.467. The summed E-state index contributed by atoms with van der Waals surface area (Å²) in [5, 5.41) is 3.33. The molecule has 2 rings (SSSR count). The highest BCUT2D eigenvalue weighted by molar-refractivity contribution is 6.31. The van der Waals surface area contributed by atoms with E-state index in [2.05, 4.69) is 5.32 Å². The molecule has 0 bridgehead atoms. The quantitative estimate of drug-likeness (QED) is 0.911. The molecule has 1 fully saturated rings. The summed E-state index contributed by atoms with van der Waals surface area (Å²) in [6.07, 6.45) is 0. The largest absolute Gasteiger partial charge is 0.343 e. The number of benzene rings is 1. The molecule has 1 N–H and O–H groups in total. The Bertz CT molecular complexity index is 557. The van der Waals surface area contributed by atoms with Crippen LogP contribution in [0.2, 0.25) is 5.02 Å². The summed E-state index contributed by atoms with van der Waals surface area (Å²) < 4.78 is 0. The van der Waals surface area contributed by atoms with Crippen molar-refractivity contribution in [3.63, 3.8) is 0 Å². The zero-order valence-corrected chi connectivity index (χ0v) is 12.9. The molecule has 2 amide bonds. The molecule has 1 heterocycles. The first-order valence-electron chi connectivity index (χ1n) is 6.73. The van der Waals surface area contributed by atoms with Gasteiger partial charge in [-0.2, -0.15) is 0 Å². The van der Waals surface area contributed by atoms with Gasteiger partial charge in [-0.3, -0.25) is 14.5 Å². The van der Waals surface area contributed by atoms with Crippen LogP contribution in [-0.2, 0) is 9.59 Å². The van der Waals surface area contributed by atoms with Gasteiger partial charge >= 0.3 is 0 Å². The molecule has 108 valence electrons. The van der Waals surface area contributed by atoms with Crippen LogP contribution in [0.1, 0.15) is 26.3 Å². The highest BCUT2D eigenvalue weighted by atomic mass is 35.5. The molecule has 1 aliphatic rings. The monoisotopic (exact) mass is 294 g/mol. The second-order valence-corrected chi connectivity index (χ2v) is 5.92. The SMILES string of the molecule is Cc1c(Cl)cccc1N1C(=O)C(C)NC(=O)C1C(C)C. The first-order chi connectivity index (χ1) is 9.34. The van der Waals surface area contributed by atoms with Crippen LogP contribution in [0.5, 0.6) is 0 Å². The first kappa shape index (κ1) is 14.9.